The third kappa shape index (κ3) is 2.82. The van der Waals surface area contributed by atoms with Crippen molar-refractivity contribution in [2.75, 3.05) is 0 Å². The molecule has 0 unspecified atom stereocenters. The minimum Gasteiger partial charge on any atom is -0.275 e. The molecule has 5 nitrogen and oxygen atoms in total. The summed E-state index contributed by atoms with van der Waals surface area (Å²) in [4.78, 5) is 11.6. The molecule has 2 rings (SSSR count). The smallest absolute Gasteiger partial charge is 0.275 e. The summed E-state index contributed by atoms with van der Waals surface area (Å²) < 4.78 is 1.57. The molecule has 92 valence electrons. The lowest BCUT2D eigenvalue weighted by Gasteiger charge is -1.98. The number of hydrogen-bond donors (Lipinski definition) is 1. The number of aryl methyl sites for hydroxylation is 2. The molecule has 0 bridgehead atoms. The van der Waals surface area contributed by atoms with E-state index in [4.69, 9.17) is 0 Å². The average molecular weight is 242 g/mol. The molecule has 5 heteroatoms. The van der Waals surface area contributed by atoms with E-state index in [9.17, 15) is 4.79 Å². The zero-order valence-corrected chi connectivity index (χ0v) is 10.3. The van der Waals surface area contributed by atoms with Gasteiger partial charge in [-0.1, -0.05) is 24.3 Å². The lowest BCUT2D eigenvalue weighted by Crippen LogP contribution is -2.18. The Labute approximate surface area is 105 Å². The van der Waals surface area contributed by atoms with Crippen molar-refractivity contribution < 1.29 is 4.79 Å². The second kappa shape index (κ2) is 5.27. The van der Waals surface area contributed by atoms with Crippen LogP contribution < -0.4 is 5.43 Å². The Hall–Kier alpha value is -2.43. The van der Waals surface area contributed by atoms with Crippen LogP contribution in [0.3, 0.4) is 0 Å². The highest BCUT2D eigenvalue weighted by Crippen LogP contribution is 2.03. The molecule has 0 aliphatic heterocycles. The molecule has 0 saturated heterocycles. The monoisotopic (exact) mass is 242 g/mol. The number of nitrogens with one attached hydrogen (secondary N) is 1. The number of benzene rings is 1. The minimum atomic E-state index is -0.319. The molecule has 0 aliphatic carbocycles. The summed E-state index contributed by atoms with van der Waals surface area (Å²) in [6, 6.07) is 9.44. The highest BCUT2D eigenvalue weighted by Gasteiger charge is 2.06. The van der Waals surface area contributed by atoms with Gasteiger partial charge in [0.15, 0.2) is 5.69 Å². The van der Waals surface area contributed by atoms with E-state index in [0.717, 1.165) is 11.1 Å². The van der Waals surface area contributed by atoms with E-state index < -0.39 is 0 Å². The summed E-state index contributed by atoms with van der Waals surface area (Å²) in [5, 5.41) is 7.90. The Kier molecular flexibility index (Phi) is 3.52. The second-order valence-electron chi connectivity index (χ2n) is 3.93. The Morgan fingerprint density at radius 2 is 2.17 bits per heavy atom. The van der Waals surface area contributed by atoms with Gasteiger partial charge in [0.1, 0.15) is 0 Å². The molecule has 0 fully saturated rings. The maximum absolute atomic E-state index is 11.6. The molecule has 1 aromatic heterocycles. The van der Waals surface area contributed by atoms with E-state index in [1.165, 1.54) is 0 Å². The van der Waals surface area contributed by atoms with Gasteiger partial charge in [-0.3, -0.25) is 9.48 Å². The van der Waals surface area contributed by atoms with Gasteiger partial charge in [-0.25, -0.2) is 5.43 Å². The van der Waals surface area contributed by atoms with Gasteiger partial charge in [-0.2, -0.15) is 10.2 Å². The van der Waals surface area contributed by atoms with Crippen molar-refractivity contribution in [2.45, 2.75) is 6.92 Å². The van der Waals surface area contributed by atoms with Crippen LogP contribution in [0.25, 0.3) is 0 Å². The Balaban J connectivity index is 2.00. The van der Waals surface area contributed by atoms with Gasteiger partial charge in [-0.15, -0.1) is 0 Å². The molecule has 1 heterocycles. The zero-order chi connectivity index (χ0) is 13.0. The first kappa shape index (κ1) is 12.0. The average Bonchev–Trinajstić information content (AvgIpc) is 2.78. The van der Waals surface area contributed by atoms with Gasteiger partial charge in [0.25, 0.3) is 5.91 Å². The van der Waals surface area contributed by atoms with Crippen molar-refractivity contribution in [3.63, 3.8) is 0 Å². The third-order valence-corrected chi connectivity index (χ3v) is 2.50. The summed E-state index contributed by atoms with van der Waals surface area (Å²) in [6.07, 6.45) is 3.33. The van der Waals surface area contributed by atoms with Crippen molar-refractivity contribution in [3.05, 3.63) is 53.3 Å². The minimum absolute atomic E-state index is 0.319. The number of aromatic nitrogens is 2. The molecule has 1 N–H and O–H groups in total. The summed E-state index contributed by atoms with van der Waals surface area (Å²) in [5.41, 5.74) is 4.87. The second-order valence-corrected chi connectivity index (χ2v) is 3.93. The molecule has 0 saturated carbocycles. The van der Waals surface area contributed by atoms with Crippen LogP contribution in [0.15, 0.2) is 41.6 Å². The van der Waals surface area contributed by atoms with Crippen LogP contribution in [0.2, 0.25) is 0 Å². The number of carbonyl (C=O) groups excluding carboxylic acids is 1. The highest BCUT2D eigenvalue weighted by atomic mass is 16.2. The Bertz CT molecular complexity index is 586. The van der Waals surface area contributed by atoms with Crippen LogP contribution in [0.5, 0.6) is 0 Å². The van der Waals surface area contributed by atoms with E-state index in [0.29, 0.717) is 5.69 Å². The normalized spacial score (nSPS) is 10.8. The molecule has 1 aromatic carbocycles. The number of rotatable bonds is 3. The number of nitrogens with zero attached hydrogens (tertiary/aromatic N) is 3. The molecular weight excluding hydrogens is 228 g/mol. The van der Waals surface area contributed by atoms with Gasteiger partial charge in [0.2, 0.25) is 0 Å². The van der Waals surface area contributed by atoms with Gasteiger partial charge in [-0.05, 0) is 24.1 Å². The summed E-state index contributed by atoms with van der Waals surface area (Å²) in [7, 11) is 1.76. The molecule has 0 atom stereocenters. The summed E-state index contributed by atoms with van der Waals surface area (Å²) >= 11 is 0. The fourth-order valence-corrected chi connectivity index (χ4v) is 1.49. The largest absolute Gasteiger partial charge is 0.291 e. The molecule has 1 amide bonds. The van der Waals surface area contributed by atoms with Gasteiger partial charge >= 0.3 is 0 Å². The molecule has 0 radical (unpaired) electrons. The van der Waals surface area contributed by atoms with Crippen molar-refractivity contribution in [2.24, 2.45) is 12.1 Å². The summed E-state index contributed by atoms with van der Waals surface area (Å²) in [6.45, 7) is 1.99. The highest BCUT2D eigenvalue weighted by molar-refractivity contribution is 5.93. The summed E-state index contributed by atoms with van der Waals surface area (Å²) in [5.74, 6) is -0.319. The van der Waals surface area contributed by atoms with E-state index in [2.05, 4.69) is 15.6 Å². The maximum atomic E-state index is 11.6. The zero-order valence-electron chi connectivity index (χ0n) is 10.3. The topological polar surface area (TPSA) is 59.3 Å². The number of hydrogen-bond acceptors (Lipinski definition) is 3. The van der Waals surface area contributed by atoms with Crippen LogP contribution in [-0.2, 0) is 7.05 Å². The molecule has 0 aliphatic rings. The van der Waals surface area contributed by atoms with E-state index >= 15 is 0 Å². The van der Waals surface area contributed by atoms with Crippen LogP contribution in [0.4, 0.5) is 0 Å². The number of hydrazone groups is 1. The van der Waals surface area contributed by atoms with E-state index in [-0.39, 0.29) is 5.91 Å². The lowest BCUT2D eigenvalue weighted by molar-refractivity contribution is 0.0949. The van der Waals surface area contributed by atoms with Gasteiger partial charge in [0, 0.05) is 13.2 Å². The quantitative estimate of drug-likeness (QED) is 0.655. The van der Waals surface area contributed by atoms with Gasteiger partial charge in [0.05, 0.1) is 6.21 Å². The van der Waals surface area contributed by atoms with Crippen LogP contribution in [0, 0.1) is 6.92 Å². The number of amides is 1. The SMILES string of the molecule is Cc1ccccc1/C=N\NC(=O)c1ccn(C)n1. The fourth-order valence-electron chi connectivity index (χ4n) is 1.49. The molecular formula is C13H14N4O. The van der Waals surface area contributed by atoms with E-state index in [1.54, 1.807) is 30.2 Å². The van der Waals surface area contributed by atoms with Crippen molar-refractivity contribution in [1.29, 1.82) is 0 Å². The van der Waals surface area contributed by atoms with Crippen molar-refractivity contribution in [3.8, 4) is 0 Å². The standard InChI is InChI=1S/C13H14N4O/c1-10-5-3-4-6-11(10)9-14-15-13(18)12-7-8-17(2)16-12/h3-9H,1-2H3,(H,15,18)/b14-9-. The lowest BCUT2D eigenvalue weighted by atomic mass is 10.1. The van der Waals surface area contributed by atoms with Gasteiger partial charge < -0.3 is 0 Å². The molecule has 0 spiro atoms. The van der Waals surface area contributed by atoms with Crippen LogP contribution >= 0.6 is 0 Å². The first-order valence-corrected chi connectivity index (χ1v) is 5.55. The Morgan fingerprint density at radius 1 is 1.39 bits per heavy atom. The predicted octanol–water partition coefficient (Wildman–Crippen LogP) is 1.49. The first-order chi connectivity index (χ1) is 8.66. The Morgan fingerprint density at radius 3 is 2.83 bits per heavy atom. The first-order valence-electron chi connectivity index (χ1n) is 5.55. The maximum Gasteiger partial charge on any atom is 0.291 e. The molecule has 2 aromatic rings. The van der Waals surface area contributed by atoms with Crippen LogP contribution in [0.1, 0.15) is 21.6 Å². The van der Waals surface area contributed by atoms with Crippen molar-refractivity contribution >= 4 is 12.1 Å². The molecule has 18 heavy (non-hydrogen) atoms. The van der Waals surface area contributed by atoms with Crippen molar-refractivity contribution in [1.82, 2.24) is 15.2 Å². The fraction of sp³-hybridized carbons (Fsp3) is 0.154. The van der Waals surface area contributed by atoms with Crippen LogP contribution in [-0.4, -0.2) is 21.9 Å². The third-order valence-electron chi connectivity index (χ3n) is 2.50. The van der Waals surface area contributed by atoms with E-state index in [1.807, 2.05) is 31.2 Å². The number of carbonyl (C=O) groups is 1. The predicted molar refractivity (Wildman–Crippen MR) is 69.4 cm³/mol.